The van der Waals surface area contributed by atoms with Crippen LogP contribution in [-0.2, 0) is 5.41 Å². The summed E-state index contributed by atoms with van der Waals surface area (Å²) in [5.74, 6) is 2.53. The largest absolute Gasteiger partial charge is 0.367 e. The molecule has 0 bridgehead atoms. The first-order chi connectivity index (χ1) is 12.0. The second kappa shape index (κ2) is 5.44. The topological polar surface area (TPSA) is 68.2 Å². The van der Waals surface area contributed by atoms with Crippen LogP contribution in [0.4, 0.5) is 5.82 Å². The molecule has 5 nitrogen and oxygen atoms in total. The van der Waals surface area contributed by atoms with E-state index >= 15 is 0 Å². The van der Waals surface area contributed by atoms with Gasteiger partial charge in [0.2, 0.25) is 0 Å². The summed E-state index contributed by atoms with van der Waals surface area (Å²) in [4.78, 5) is 5.12. The lowest BCUT2D eigenvalue weighted by Crippen LogP contribution is -2.25. The highest BCUT2D eigenvalue weighted by Crippen LogP contribution is 2.48. The van der Waals surface area contributed by atoms with E-state index in [0.29, 0.717) is 18.0 Å². The Labute approximate surface area is 149 Å². The molecule has 0 unspecified atom stereocenters. The van der Waals surface area contributed by atoms with Crippen molar-refractivity contribution in [1.29, 1.82) is 0 Å². The maximum atomic E-state index is 6.12. The predicted molar refractivity (Wildman–Crippen MR) is 99.9 cm³/mol. The number of rotatable bonds is 5. The Morgan fingerprint density at radius 2 is 1.96 bits per heavy atom. The van der Waals surface area contributed by atoms with E-state index < -0.39 is 0 Å². The van der Waals surface area contributed by atoms with Gasteiger partial charge < -0.3 is 11.1 Å². The first-order valence-corrected chi connectivity index (χ1v) is 9.93. The minimum atomic E-state index is 0.134. The Hall–Kier alpha value is -1.62. The van der Waals surface area contributed by atoms with E-state index in [1.54, 1.807) is 0 Å². The Morgan fingerprint density at radius 1 is 1.16 bits per heavy atom. The second-order valence-corrected chi connectivity index (χ2v) is 9.05. The van der Waals surface area contributed by atoms with Crippen molar-refractivity contribution in [3.05, 3.63) is 23.5 Å². The second-order valence-electron chi connectivity index (χ2n) is 9.05. The van der Waals surface area contributed by atoms with E-state index in [1.807, 2.05) is 10.7 Å². The summed E-state index contributed by atoms with van der Waals surface area (Å²) < 4.78 is 2.03. The molecule has 5 heteroatoms. The number of nitrogens with zero attached hydrogens (tertiary/aromatic N) is 3. The van der Waals surface area contributed by atoms with Gasteiger partial charge in [0.1, 0.15) is 5.82 Å². The normalized spacial score (nSPS) is 27.2. The van der Waals surface area contributed by atoms with E-state index in [4.69, 9.17) is 10.7 Å². The van der Waals surface area contributed by atoms with Crippen molar-refractivity contribution in [3.8, 4) is 0 Å². The average molecular weight is 339 g/mol. The van der Waals surface area contributed by atoms with Gasteiger partial charge in [0.15, 0.2) is 5.65 Å². The Balaban J connectivity index is 1.58. The summed E-state index contributed by atoms with van der Waals surface area (Å²) >= 11 is 0. The van der Waals surface area contributed by atoms with E-state index in [9.17, 15) is 0 Å². The highest BCUT2D eigenvalue weighted by atomic mass is 15.3. The van der Waals surface area contributed by atoms with Crippen molar-refractivity contribution < 1.29 is 0 Å². The quantitative estimate of drug-likeness (QED) is 0.873. The fourth-order valence-electron chi connectivity index (χ4n) is 4.47. The molecule has 3 aliphatic rings. The molecular weight excluding hydrogens is 310 g/mol. The van der Waals surface area contributed by atoms with Crippen LogP contribution in [0, 0.1) is 5.92 Å². The van der Waals surface area contributed by atoms with Crippen LogP contribution in [-0.4, -0.2) is 26.7 Å². The molecule has 0 radical (unpaired) electrons. The molecular formula is C20H29N5. The monoisotopic (exact) mass is 339 g/mol. The Bertz CT molecular complexity index is 800. The van der Waals surface area contributed by atoms with Gasteiger partial charge in [0.05, 0.1) is 11.9 Å². The van der Waals surface area contributed by atoms with Crippen LogP contribution in [0.5, 0.6) is 0 Å². The molecule has 2 aromatic heterocycles. The first kappa shape index (κ1) is 15.6. The lowest BCUT2D eigenvalue weighted by Gasteiger charge is -2.25. The minimum Gasteiger partial charge on any atom is -0.367 e. The molecule has 134 valence electrons. The molecule has 2 aromatic rings. The number of nitrogens with one attached hydrogen (secondary N) is 1. The van der Waals surface area contributed by atoms with E-state index in [-0.39, 0.29) is 5.41 Å². The molecule has 3 N–H and O–H groups in total. The van der Waals surface area contributed by atoms with Gasteiger partial charge in [-0.2, -0.15) is 9.61 Å². The lowest BCUT2D eigenvalue weighted by atomic mass is 9.83. The van der Waals surface area contributed by atoms with Gasteiger partial charge in [-0.05, 0) is 56.8 Å². The van der Waals surface area contributed by atoms with Gasteiger partial charge in [-0.15, -0.1) is 0 Å². The van der Waals surface area contributed by atoms with E-state index in [2.05, 4.69) is 30.3 Å². The number of hydrogen-bond acceptors (Lipinski definition) is 4. The van der Waals surface area contributed by atoms with Crippen LogP contribution < -0.4 is 11.1 Å². The molecule has 0 amide bonds. The zero-order valence-electron chi connectivity index (χ0n) is 15.3. The summed E-state index contributed by atoms with van der Waals surface area (Å²) in [6, 6.07) is 3.03. The summed E-state index contributed by atoms with van der Waals surface area (Å²) in [6.07, 6.45) is 10.5. The van der Waals surface area contributed by atoms with Gasteiger partial charge >= 0.3 is 0 Å². The van der Waals surface area contributed by atoms with Gasteiger partial charge in [-0.3, -0.25) is 0 Å². The number of anilines is 1. The molecule has 0 aliphatic heterocycles. The van der Waals surface area contributed by atoms with Crippen LogP contribution in [0.1, 0.15) is 76.0 Å². The highest BCUT2D eigenvalue weighted by Gasteiger charge is 2.41. The van der Waals surface area contributed by atoms with E-state index in [0.717, 1.165) is 36.6 Å². The molecule has 25 heavy (non-hydrogen) atoms. The maximum absolute atomic E-state index is 6.12. The molecule has 3 aliphatic carbocycles. The fraction of sp³-hybridized carbons (Fsp3) is 0.700. The molecule has 3 saturated carbocycles. The van der Waals surface area contributed by atoms with Crippen LogP contribution in [0.3, 0.4) is 0 Å². The summed E-state index contributed by atoms with van der Waals surface area (Å²) in [5, 5.41) is 8.42. The fourth-order valence-corrected chi connectivity index (χ4v) is 4.47. The van der Waals surface area contributed by atoms with Crippen LogP contribution in [0.25, 0.3) is 5.65 Å². The van der Waals surface area contributed by atoms with Crippen LogP contribution >= 0.6 is 0 Å². The number of nitrogens with two attached hydrogens (primary N) is 1. The lowest BCUT2D eigenvalue weighted by molar-refractivity contribution is 0.441. The highest BCUT2D eigenvalue weighted by molar-refractivity contribution is 5.57. The molecule has 3 fully saturated rings. The van der Waals surface area contributed by atoms with Gasteiger partial charge in [0.25, 0.3) is 0 Å². The summed E-state index contributed by atoms with van der Waals surface area (Å²) in [6.45, 7) is 4.71. The van der Waals surface area contributed by atoms with Gasteiger partial charge in [-0.1, -0.05) is 13.8 Å². The van der Waals surface area contributed by atoms with Crippen LogP contribution in [0.15, 0.2) is 12.3 Å². The standard InChI is InChI=1S/C20H29N5/c1-20(2,13-5-6-13)17-10-18(23-15-8-7-14(21)9-15)25-19(24-17)16(11-22-25)12-3-4-12/h10-15,23H,3-9,21H2,1-2H3/t14-,15-/m0/s1. The molecule has 0 aromatic carbocycles. The number of aromatic nitrogens is 3. The number of fused-ring (bicyclic) bond motifs is 1. The van der Waals surface area contributed by atoms with Crippen LogP contribution in [0.2, 0.25) is 0 Å². The Morgan fingerprint density at radius 3 is 2.60 bits per heavy atom. The Kier molecular flexibility index (Phi) is 3.40. The SMILES string of the molecule is CC(C)(c1cc(N[C@H]2CC[C@H](N)C2)n2ncc(C3CC3)c2n1)C1CC1. The third-order valence-corrected chi connectivity index (χ3v) is 6.60. The van der Waals surface area contributed by atoms with Crippen molar-refractivity contribution in [3.63, 3.8) is 0 Å². The van der Waals surface area contributed by atoms with Gasteiger partial charge in [-0.25, -0.2) is 4.98 Å². The molecule has 5 rings (SSSR count). The third kappa shape index (κ3) is 2.73. The maximum Gasteiger partial charge on any atom is 0.161 e. The van der Waals surface area contributed by atoms with Crippen molar-refractivity contribution in [2.75, 3.05) is 5.32 Å². The van der Waals surface area contributed by atoms with Crippen molar-refractivity contribution >= 4 is 11.5 Å². The molecule has 0 spiro atoms. The third-order valence-electron chi connectivity index (χ3n) is 6.60. The molecule has 0 saturated heterocycles. The summed E-state index contributed by atoms with van der Waals surface area (Å²) in [5.41, 5.74) is 9.87. The van der Waals surface area contributed by atoms with E-state index in [1.165, 1.54) is 36.9 Å². The van der Waals surface area contributed by atoms with Crippen molar-refractivity contribution in [2.24, 2.45) is 11.7 Å². The average Bonchev–Trinajstić information content (AvgIpc) is 3.50. The van der Waals surface area contributed by atoms with Crippen molar-refractivity contribution in [1.82, 2.24) is 14.6 Å². The van der Waals surface area contributed by atoms with Crippen molar-refractivity contribution in [2.45, 2.75) is 82.2 Å². The molecule has 2 atom stereocenters. The zero-order chi connectivity index (χ0) is 17.2. The first-order valence-electron chi connectivity index (χ1n) is 9.93. The molecule has 2 heterocycles. The number of hydrogen-bond donors (Lipinski definition) is 2. The predicted octanol–water partition coefficient (Wildman–Crippen LogP) is 3.59. The van der Waals surface area contributed by atoms with Gasteiger partial charge in [0, 0.05) is 29.1 Å². The zero-order valence-corrected chi connectivity index (χ0v) is 15.3. The smallest absolute Gasteiger partial charge is 0.161 e. The minimum absolute atomic E-state index is 0.134. The summed E-state index contributed by atoms with van der Waals surface area (Å²) in [7, 11) is 0.